The lowest BCUT2D eigenvalue weighted by molar-refractivity contribution is -0.134. The lowest BCUT2D eigenvalue weighted by Crippen LogP contribution is -2.49. The third-order valence-corrected chi connectivity index (χ3v) is 6.79. The van der Waals surface area contributed by atoms with E-state index in [0.717, 1.165) is 51.9 Å². The van der Waals surface area contributed by atoms with Crippen LogP contribution in [0.25, 0.3) is 0 Å². The van der Waals surface area contributed by atoms with E-state index in [1.165, 1.54) is 37.7 Å². The molecule has 4 rings (SSSR count). The Labute approximate surface area is 164 Å². The number of benzene rings is 1. The summed E-state index contributed by atoms with van der Waals surface area (Å²) >= 11 is 0. The van der Waals surface area contributed by atoms with Crippen molar-refractivity contribution in [2.24, 2.45) is 5.92 Å². The van der Waals surface area contributed by atoms with Gasteiger partial charge < -0.3 is 10.2 Å². The maximum atomic E-state index is 13.0. The predicted molar refractivity (Wildman–Crippen MR) is 109 cm³/mol. The molecule has 2 heterocycles. The first kappa shape index (κ1) is 19.7. The summed E-state index contributed by atoms with van der Waals surface area (Å²) in [4.78, 5) is 15.2. The molecule has 1 spiro atoms. The number of hydrogen-bond acceptors (Lipinski definition) is 2. The highest BCUT2D eigenvalue weighted by molar-refractivity contribution is 5.85. The zero-order valence-electron chi connectivity index (χ0n) is 15.8. The summed E-state index contributed by atoms with van der Waals surface area (Å²) in [5, 5.41) is 3.41. The van der Waals surface area contributed by atoms with Crippen LogP contribution in [0.4, 0.5) is 0 Å². The SMILES string of the molecule is Cl.O=C(CC1CCNCC1)N1CCCC2(CCCCc3ccccc32)C1. The van der Waals surface area contributed by atoms with Crippen LogP contribution in [0.1, 0.15) is 62.5 Å². The molecule has 1 N–H and O–H groups in total. The zero-order chi connectivity index (χ0) is 17.1. The van der Waals surface area contributed by atoms with Crippen LogP contribution in [0.2, 0.25) is 0 Å². The fourth-order valence-corrected chi connectivity index (χ4v) is 5.40. The summed E-state index contributed by atoms with van der Waals surface area (Å²) in [6.07, 6.45) is 10.5. The molecule has 1 aromatic rings. The average molecular weight is 377 g/mol. The van der Waals surface area contributed by atoms with Crippen LogP contribution in [0, 0.1) is 5.92 Å². The Kier molecular flexibility index (Phi) is 6.63. The van der Waals surface area contributed by atoms with Crippen molar-refractivity contribution >= 4 is 18.3 Å². The van der Waals surface area contributed by atoms with Crippen molar-refractivity contribution in [2.75, 3.05) is 26.2 Å². The first-order chi connectivity index (χ1) is 12.3. The molecule has 1 amide bonds. The molecular formula is C22H33ClN2O. The van der Waals surface area contributed by atoms with Gasteiger partial charge in [0.15, 0.2) is 0 Å². The second-order valence-corrected chi connectivity index (χ2v) is 8.46. The Hall–Kier alpha value is -1.06. The van der Waals surface area contributed by atoms with Crippen molar-refractivity contribution < 1.29 is 4.79 Å². The quantitative estimate of drug-likeness (QED) is 0.843. The first-order valence-electron chi connectivity index (χ1n) is 10.3. The van der Waals surface area contributed by atoms with Gasteiger partial charge in [-0.15, -0.1) is 12.4 Å². The number of nitrogens with one attached hydrogen (secondary N) is 1. The number of rotatable bonds is 2. The van der Waals surface area contributed by atoms with E-state index < -0.39 is 0 Å². The summed E-state index contributed by atoms with van der Waals surface area (Å²) in [5.74, 6) is 1.00. The van der Waals surface area contributed by atoms with Crippen LogP contribution in [-0.4, -0.2) is 37.0 Å². The van der Waals surface area contributed by atoms with E-state index in [-0.39, 0.29) is 17.8 Å². The molecular weight excluding hydrogens is 344 g/mol. The predicted octanol–water partition coefficient (Wildman–Crippen LogP) is 4.08. The molecule has 4 heteroatoms. The van der Waals surface area contributed by atoms with E-state index in [4.69, 9.17) is 0 Å². The van der Waals surface area contributed by atoms with Crippen molar-refractivity contribution in [3.8, 4) is 0 Å². The van der Waals surface area contributed by atoms with Gasteiger partial charge in [-0.2, -0.15) is 0 Å². The van der Waals surface area contributed by atoms with Gasteiger partial charge in [0.2, 0.25) is 5.91 Å². The van der Waals surface area contributed by atoms with Gasteiger partial charge in [0.1, 0.15) is 0 Å². The minimum Gasteiger partial charge on any atom is -0.342 e. The molecule has 0 bridgehead atoms. The molecule has 26 heavy (non-hydrogen) atoms. The summed E-state index contributed by atoms with van der Waals surface area (Å²) in [5.41, 5.74) is 3.30. The number of hydrogen-bond donors (Lipinski definition) is 1. The number of carbonyl (C=O) groups is 1. The van der Waals surface area contributed by atoms with Gasteiger partial charge in [-0.1, -0.05) is 30.7 Å². The van der Waals surface area contributed by atoms with E-state index in [0.29, 0.717) is 11.8 Å². The van der Waals surface area contributed by atoms with E-state index in [2.05, 4.69) is 34.5 Å². The number of amides is 1. The lowest BCUT2D eigenvalue weighted by atomic mass is 9.70. The van der Waals surface area contributed by atoms with Crippen LogP contribution in [0.3, 0.4) is 0 Å². The van der Waals surface area contributed by atoms with Crippen LogP contribution >= 0.6 is 12.4 Å². The fourth-order valence-electron chi connectivity index (χ4n) is 5.40. The highest BCUT2D eigenvalue weighted by Crippen LogP contribution is 2.42. The first-order valence-corrected chi connectivity index (χ1v) is 10.3. The van der Waals surface area contributed by atoms with Gasteiger partial charge in [-0.05, 0) is 75.1 Å². The van der Waals surface area contributed by atoms with Crippen LogP contribution in [0.15, 0.2) is 24.3 Å². The fraction of sp³-hybridized carbons (Fsp3) is 0.682. The number of aryl methyl sites for hydroxylation is 1. The second-order valence-electron chi connectivity index (χ2n) is 8.46. The number of carbonyl (C=O) groups excluding carboxylic acids is 1. The monoisotopic (exact) mass is 376 g/mol. The maximum absolute atomic E-state index is 13.0. The topological polar surface area (TPSA) is 32.3 Å². The van der Waals surface area contributed by atoms with Gasteiger partial charge >= 0.3 is 0 Å². The minimum absolute atomic E-state index is 0. The Morgan fingerprint density at radius 2 is 1.88 bits per heavy atom. The van der Waals surface area contributed by atoms with E-state index in [9.17, 15) is 4.79 Å². The summed E-state index contributed by atoms with van der Waals surface area (Å²) < 4.78 is 0. The maximum Gasteiger partial charge on any atom is 0.222 e. The van der Waals surface area contributed by atoms with Gasteiger partial charge in [0, 0.05) is 24.9 Å². The number of nitrogens with zero attached hydrogens (tertiary/aromatic N) is 1. The third kappa shape index (κ3) is 4.09. The van der Waals surface area contributed by atoms with Crippen molar-refractivity contribution in [2.45, 2.75) is 63.2 Å². The number of piperidine rings is 2. The molecule has 2 aliphatic heterocycles. The number of likely N-dealkylation sites (tertiary alicyclic amines) is 1. The summed E-state index contributed by atoms with van der Waals surface area (Å²) in [6, 6.07) is 9.04. The molecule has 0 saturated carbocycles. The average Bonchev–Trinajstić information content (AvgIpc) is 2.83. The molecule has 1 aliphatic carbocycles. The zero-order valence-corrected chi connectivity index (χ0v) is 16.7. The normalized spacial score (nSPS) is 26.7. The molecule has 2 saturated heterocycles. The van der Waals surface area contributed by atoms with Crippen molar-refractivity contribution in [3.05, 3.63) is 35.4 Å². The van der Waals surface area contributed by atoms with Crippen molar-refractivity contribution in [1.29, 1.82) is 0 Å². The largest absolute Gasteiger partial charge is 0.342 e. The Bertz CT molecular complexity index is 614. The number of fused-ring (bicyclic) bond motifs is 2. The Morgan fingerprint density at radius 3 is 2.73 bits per heavy atom. The number of halogens is 1. The molecule has 3 aliphatic rings. The van der Waals surface area contributed by atoms with Crippen LogP contribution in [0.5, 0.6) is 0 Å². The highest BCUT2D eigenvalue weighted by atomic mass is 35.5. The van der Waals surface area contributed by atoms with Gasteiger partial charge in [-0.25, -0.2) is 0 Å². The molecule has 2 fully saturated rings. The minimum atomic E-state index is 0. The summed E-state index contributed by atoms with van der Waals surface area (Å²) in [6.45, 7) is 4.08. The van der Waals surface area contributed by atoms with E-state index >= 15 is 0 Å². The second kappa shape index (κ2) is 8.75. The third-order valence-electron chi connectivity index (χ3n) is 6.79. The smallest absolute Gasteiger partial charge is 0.222 e. The lowest BCUT2D eigenvalue weighted by Gasteiger charge is -2.44. The molecule has 3 nitrogen and oxygen atoms in total. The highest BCUT2D eigenvalue weighted by Gasteiger charge is 2.40. The Morgan fingerprint density at radius 1 is 1.12 bits per heavy atom. The van der Waals surface area contributed by atoms with Crippen molar-refractivity contribution in [3.63, 3.8) is 0 Å². The van der Waals surface area contributed by atoms with Crippen LogP contribution < -0.4 is 5.32 Å². The van der Waals surface area contributed by atoms with Gasteiger partial charge in [-0.3, -0.25) is 4.79 Å². The molecule has 1 unspecified atom stereocenters. The van der Waals surface area contributed by atoms with E-state index in [1.54, 1.807) is 5.56 Å². The Balaban J connectivity index is 0.00000196. The summed E-state index contributed by atoms with van der Waals surface area (Å²) in [7, 11) is 0. The van der Waals surface area contributed by atoms with E-state index in [1.807, 2.05) is 0 Å². The van der Waals surface area contributed by atoms with Gasteiger partial charge in [0.25, 0.3) is 0 Å². The molecule has 1 atom stereocenters. The van der Waals surface area contributed by atoms with Gasteiger partial charge in [0.05, 0.1) is 0 Å². The molecule has 0 radical (unpaired) electrons. The molecule has 1 aromatic carbocycles. The van der Waals surface area contributed by atoms with Crippen molar-refractivity contribution in [1.82, 2.24) is 10.2 Å². The standard InChI is InChI=1S/C22H32N2O.ClH/c25-21(16-18-9-13-23-14-10-18)24-15-5-12-22(17-24)11-4-3-7-19-6-1-2-8-20(19)22;/h1-2,6,8,18,23H,3-5,7,9-17H2;1H. The van der Waals surface area contributed by atoms with Crippen LogP contribution in [-0.2, 0) is 16.6 Å². The molecule has 144 valence electrons. The molecule has 0 aromatic heterocycles.